The average molecular weight is 302 g/mol. The summed E-state index contributed by atoms with van der Waals surface area (Å²) >= 11 is 5.71. The highest BCUT2D eigenvalue weighted by Crippen LogP contribution is 2.38. The fourth-order valence-electron chi connectivity index (χ4n) is 1.64. The topological polar surface area (TPSA) is 35.2 Å². The van der Waals surface area contributed by atoms with Crippen molar-refractivity contribution in [2.75, 3.05) is 0 Å². The molecular formula is C14H11ClF3NO. The van der Waals surface area contributed by atoms with Gasteiger partial charge in [0.15, 0.2) is 0 Å². The first-order valence-corrected chi connectivity index (χ1v) is 6.11. The molecule has 0 heterocycles. The molecule has 2 rings (SSSR count). The van der Waals surface area contributed by atoms with Crippen LogP contribution in [0.25, 0.3) is 0 Å². The molecule has 0 atom stereocenters. The van der Waals surface area contributed by atoms with Crippen LogP contribution >= 0.6 is 11.6 Å². The van der Waals surface area contributed by atoms with E-state index in [0.717, 1.165) is 6.07 Å². The van der Waals surface area contributed by atoms with Crippen molar-refractivity contribution < 1.29 is 17.9 Å². The summed E-state index contributed by atoms with van der Waals surface area (Å²) in [5, 5.41) is 0.479. The Labute approximate surface area is 118 Å². The summed E-state index contributed by atoms with van der Waals surface area (Å²) in [4.78, 5) is 0. The first kappa shape index (κ1) is 14.7. The Morgan fingerprint density at radius 2 is 1.70 bits per heavy atom. The number of alkyl halides is 3. The van der Waals surface area contributed by atoms with E-state index in [4.69, 9.17) is 22.1 Å². The number of nitrogens with two attached hydrogens (primary N) is 1. The minimum Gasteiger partial charge on any atom is -0.457 e. The Morgan fingerprint density at radius 3 is 2.25 bits per heavy atom. The molecule has 0 aromatic heterocycles. The van der Waals surface area contributed by atoms with Crippen LogP contribution in [0.15, 0.2) is 42.5 Å². The SMILES string of the molecule is NCc1ccc(Oc2ccc(Cl)cc2)c(C(F)(F)F)c1. The van der Waals surface area contributed by atoms with Gasteiger partial charge in [-0.05, 0) is 42.0 Å². The molecule has 0 aliphatic rings. The van der Waals surface area contributed by atoms with E-state index in [0.29, 0.717) is 10.6 Å². The summed E-state index contributed by atoms with van der Waals surface area (Å²) in [6.45, 7) is 0.0320. The lowest BCUT2D eigenvalue weighted by Gasteiger charge is -2.15. The predicted molar refractivity (Wildman–Crippen MR) is 70.9 cm³/mol. The number of ether oxygens (including phenoxy) is 1. The van der Waals surface area contributed by atoms with Crippen LogP contribution < -0.4 is 10.5 Å². The zero-order chi connectivity index (χ0) is 14.8. The Bertz CT molecular complexity index is 596. The Kier molecular flexibility index (Phi) is 4.20. The molecule has 0 bridgehead atoms. The van der Waals surface area contributed by atoms with Crippen molar-refractivity contribution in [1.82, 2.24) is 0 Å². The van der Waals surface area contributed by atoms with Gasteiger partial charge in [0.25, 0.3) is 0 Å². The molecule has 2 N–H and O–H groups in total. The molecule has 6 heteroatoms. The van der Waals surface area contributed by atoms with Gasteiger partial charge in [-0.3, -0.25) is 0 Å². The molecule has 0 aliphatic carbocycles. The molecule has 0 saturated carbocycles. The third kappa shape index (κ3) is 3.43. The van der Waals surface area contributed by atoms with Crippen LogP contribution in [-0.2, 0) is 12.7 Å². The maximum Gasteiger partial charge on any atom is 0.419 e. The first-order chi connectivity index (χ1) is 9.40. The summed E-state index contributed by atoms with van der Waals surface area (Å²) in [5.74, 6) is 0.0115. The third-order valence-electron chi connectivity index (χ3n) is 2.63. The van der Waals surface area contributed by atoms with Crippen molar-refractivity contribution in [2.24, 2.45) is 5.73 Å². The molecule has 2 aromatic rings. The normalized spacial score (nSPS) is 11.4. The fraction of sp³-hybridized carbons (Fsp3) is 0.143. The van der Waals surface area contributed by atoms with Gasteiger partial charge < -0.3 is 10.5 Å². The van der Waals surface area contributed by atoms with E-state index >= 15 is 0 Å². The highest BCUT2D eigenvalue weighted by atomic mass is 35.5. The Morgan fingerprint density at radius 1 is 1.05 bits per heavy atom. The monoisotopic (exact) mass is 301 g/mol. The quantitative estimate of drug-likeness (QED) is 0.898. The van der Waals surface area contributed by atoms with Crippen molar-refractivity contribution in [3.05, 3.63) is 58.6 Å². The van der Waals surface area contributed by atoms with Crippen LogP contribution in [0.4, 0.5) is 13.2 Å². The number of hydrogen-bond acceptors (Lipinski definition) is 2. The van der Waals surface area contributed by atoms with Crippen LogP contribution in [0.2, 0.25) is 5.02 Å². The second-order valence-corrected chi connectivity index (χ2v) is 4.52. The van der Waals surface area contributed by atoms with Gasteiger partial charge in [0.05, 0.1) is 5.56 Å². The van der Waals surface area contributed by atoms with Crippen LogP contribution in [0.3, 0.4) is 0 Å². The van der Waals surface area contributed by atoms with Crippen molar-refractivity contribution in [1.29, 1.82) is 0 Å². The minimum absolute atomic E-state index is 0.0320. The number of benzene rings is 2. The smallest absolute Gasteiger partial charge is 0.419 e. The van der Waals surface area contributed by atoms with Gasteiger partial charge in [-0.25, -0.2) is 0 Å². The molecule has 0 aliphatic heterocycles. The van der Waals surface area contributed by atoms with Gasteiger partial charge >= 0.3 is 6.18 Å². The standard InChI is InChI=1S/C14H11ClF3NO/c15-10-2-4-11(5-3-10)20-13-6-1-9(8-19)7-12(13)14(16,17)18/h1-7H,8,19H2. The zero-order valence-corrected chi connectivity index (χ0v) is 11.0. The molecule has 2 nitrogen and oxygen atoms in total. The molecule has 0 unspecified atom stereocenters. The van der Waals surface area contributed by atoms with E-state index in [1.165, 1.54) is 24.3 Å². The van der Waals surface area contributed by atoms with E-state index in [1.807, 2.05) is 0 Å². The highest BCUT2D eigenvalue weighted by Gasteiger charge is 2.34. The molecule has 0 spiro atoms. The van der Waals surface area contributed by atoms with Crippen molar-refractivity contribution in [3.8, 4) is 11.5 Å². The van der Waals surface area contributed by atoms with E-state index < -0.39 is 11.7 Å². The maximum absolute atomic E-state index is 13.0. The lowest BCUT2D eigenvalue weighted by atomic mass is 10.1. The molecular weight excluding hydrogens is 291 g/mol. The van der Waals surface area contributed by atoms with Gasteiger partial charge in [0.2, 0.25) is 0 Å². The molecule has 0 fully saturated rings. The first-order valence-electron chi connectivity index (χ1n) is 5.74. The van der Waals surface area contributed by atoms with E-state index in [2.05, 4.69) is 0 Å². The summed E-state index contributed by atoms with van der Waals surface area (Å²) in [6, 6.07) is 9.83. The van der Waals surface area contributed by atoms with Gasteiger partial charge in [-0.15, -0.1) is 0 Å². The number of rotatable bonds is 3. The van der Waals surface area contributed by atoms with Gasteiger partial charge in [-0.2, -0.15) is 13.2 Å². The van der Waals surface area contributed by atoms with Crippen molar-refractivity contribution in [2.45, 2.75) is 12.7 Å². The molecule has 2 aromatic carbocycles. The second kappa shape index (κ2) is 5.73. The molecule has 20 heavy (non-hydrogen) atoms. The number of hydrogen-bond donors (Lipinski definition) is 1. The highest BCUT2D eigenvalue weighted by molar-refractivity contribution is 6.30. The van der Waals surface area contributed by atoms with Crippen LogP contribution in [0, 0.1) is 0 Å². The van der Waals surface area contributed by atoms with Crippen LogP contribution in [-0.4, -0.2) is 0 Å². The van der Waals surface area contributed by atoms with Crippen molar-refractivity contribution >= 4 is 11.6 Å². The van der Waals surface area contributed by atoms with Gasteiger partial charge in [-0.1, -0.05) is 17.7 Å². The van der Waals surface area contributed by atoms with Crippen LogP contribution in [0.5, 0.6) is 11.5 Å². The van der Waals surface area contributed by atoms with E-state index in [-0.39, 0.29) is 18.0 Å². The lowest BCUT2D eigenvalue weighted by Crippen LogP contribution is -2.09. The Hall–Kier alpha value is -1.72. The molecule has 0 saturated heterocycles. The molecule has 106 valence electrons. The maximum atomic E-state index is 13.0. The average Bonchev–Trinajstić information content (AvgIpc) is 2.40. The van der Waals surface area contributed by atoms with Gasteiger partial charge in [0, 0.05) is 11.6 Å². The molecule has 0 amide bonds. The van der Waals surface area contributed by atoms with E-state index in [9.17, 15) is 13.2 Å². The van der Waals surface area contributed by atoms with Crippen molar-refractivity contribution in [3.63, 3.8) is 0 Å². The zero-order valence-electron chi connectivity index (χ0n) is 10.2. The van der Waals surface area contributed by atoms with Crippen LogP contribution in [0.1, 0.15) is 11.1 Å². The molecule has 0 radical (unpaired) electrons. The van der Waals surface area contributed by atoms with E-state index in [1.54, 1.807) is 12.1 Å². The lowest BCUT2D eigenvalue weighted by molar-refractivity contribution is -0.138. The predicted octanol–water partition coefficient (Wildman–Crippen LogP) is 4.61. The summed E-state index contributed by atoms with van der Waals surface area (Å²) in [5.41, 5.74) is 4.90. The number of halogens is 4. The third-order valence-corrected chi connectivity index (χ3v) is 2.88. The summed E-state index contributed by atoms with van der Waals surface area (Å²) < 4.78 is 44.2. The van der Waals surface area contributed by atoms with Gasteiger partial charge in [0.1, 0.15) is 11.5 Å². The second-order valence-electron chi connectivity index (χ2n) is 4.09. The largest absolute Gasteiger partial charge is 0.457 e. The summed E-state index contributed by atoms with van der Waals surface area (Å²) in [7, 11) is 0. The Balaban J connectivity index is 2.38. The minimum atomic E-state index is -4.51. The summed E-state index contributed by atoms with van der Waals surface area (Å²) in [6.07, 6.45) is -4.51. The fourth-order valence-corrected chi connectivity index (χ4v) is 1.77.